The second kappa shape index (κ2) is 9.93. The quantitative estimate of drug-likeness (QED) is 0.468. The number of thioether (sulfide) groups is 1. The third-order valence-corrected chi connectivity index (χ3v) is 6.24. The molecule has 2 aromatic heterocycles. The maximum absolute atomic E-state index is 12.4. The van der Waals surface area contributed by atoms with Gasteiger partial charge >= 0.3 is 0 Å². The minimum absolute atomic E-state index is 0.0826. The maximum atomic E-state index is 12.4. The summed E-state index contributed by atoms with van der Waals surface area (Å²) < 4.78 is 7.24. The van der Waals surface area contributed by atoms with Crippen LogP contribution in [-0.2, 0) is 11.2 Å². The smallest absolute Gasteiger partial charge is 0.234 e. The van der Waals surface area contributed by atoms with Crippen LogP contribution in [0.4, 0.5) is 5.69 Å². The van der Waals surface area contributed by atoms with E-state index in [1.807, 2.05) is 24.3 Å². The zero-order chi connectivity index (χ0) is 20.8. The third kappa shape index (κ3) is 5.39. The molecule has 0 fully saturated rings. The van der Waals surface area contributed by atoms with Crippen molar-refractivity contribution in [2.75, 3.05) is 18.2 Å². The van der Waals surface area contributed by atoms with Crippen molar-refractivity contribution in [1.82, 2.24) is 14.8 Å². The third-order valence-electron chi connectivity index (χ3n) is 4.30. The van der Waals surface area contributed by atoms with Gasteiger partial charge in [0.15, 0.2) is 11.0 Å². The van der Waals surface area contributed by atoms with E-state index < -0.39 is 0 Å². The van der Waals surface area contributed by atoms with Crippen LogP contribution in [0.1, 0.15) is 38.1 Å². The molecule has 8 heteroatoms. The van der Waals surface area contributed by atoms with Gasteiger partial charge in [-0.15, -0.1) is 21.5 Å². The van der Waals surface area contributed by atoms with Crippen molar-refractivity contribution in [3.8, 4) is 17.1 Å². The number of thiophene rings is 1. The van der Waals surface area contributed by atoms with Gasteiger partial charge in [0.2, 0.25) is 5.91 Å². The Bertz CT molecular complexity index is 948. The highest BCUT2D eigenvalue weighted by atomic mass is 32.2. The lowest BCUT2D eigenvalue weighted by atomic mass is 10.2. The van der Waals surface area contributed by atoms with E-state index in [0.29, 0.717) is 0 Å². The molecule has 0 radical (unpaired) electrons. The van der Waals surface area contributed by atoms with E-state index in [1.54, 1.807) is 18.4 Å². The second-order valence-electron chi connectivity index (χ2n) is 6.89. The van der Waals surface area contributed by atoms with Crippen molar-refractivity contribution in [2.45, 2.75) is 44.8 Å². The molecule has 0 atom stereocenters. The normalized spacial score (nSPS) is 11.1. The van der Waals surface area contributed by atoms with Gasteiger partial charge in [-0.05, 0) is 50.6 Å². The van der Waals surface area contributed by atoms with Gasteiger partial charge in [-0.2, -0.15) is 0 Å². The highest BCUT2D eigenvalue weighted by Gasteiger charge is 2.19. The Labute approximate surface area is 179 Å². The minimum atomic E-state index is -0.0826. The number of anilines is 1. The molecule has 0 saturated carbocycles. The summed E-state index contributed by atoms with van der Waals surface area (Å²) >= 11 is 3.16. The Morgan fingerprint density at radius 1 is 1.28 bits per heavy atom. The molecule has 1 amide bonds. The van der Waals surface area contributed by atoms with Gasteiger partial charge < -0.3 is 10.1 Å². The van der Waals surface area contributed by atoms with E-state index >= 15 is 0 Å². The van der Waals surface area contributed by atoms with Crippen LogP contribution in [0.25, 0.3) is 11.4 Å². The van der Waals surface area contributed by atoms with E-state index in [4.69, 9.17) is 4.74 Å². The second-order valence-corrected chi connectivity index (χ2v) is 8.83. The number of carbonyl (C=O) groups is 1. The van der Waals surface area contributed by atoms with Crippen LogP contribution in [-0.4, -0.2) is 33.5 Å². The first-order chi connectivity index (χ1) is 14.0. The first-order valence-corrected chi connectivity index (χ1v) is 11.5. The summed E-state index contributed by atoms with van der Waals surface area (Å²) in [4.78, 5) is 13.7. The van der Waals surface area contributed by atoms with E-state index in [2.05, 4.69) is 52.3 Å². The van der Waals surface area contributed by atoms with Crippen LogP contribution in [0.15, 0.2) is 40.9 Å². The van der Waals surface area contributed by atoms with E-state index in [-0.39, 0.29) is 17.7 Å². The molecule has 154 valence electrons. The number of hydrogen-bond donors (Lipinski definition) is 1. The number of rotatable bonds is 9. The molecule has 0 aliphatic carbocycles. The summed E-state index contributed by atoms with van der Waals surface area (Å²) in [6, 6.07) is 9.67. The summed E-state index contributed by atoms with van der Waals surface area (Å²) in [7, 11) is 1.62. The number of carbonyl (C=O) groups excluding carboxylic acids is 1. The molecule has 29 heavy (non-hydrogen) atoms. The number of amides is 1. The predicted octanol–water partition coefficient (Wildman–Crippen LogP) is 5.28. The van der Waals surface area contributed by atoms with Gasteiger partial charge in [-0.1, -0.05) is 25.1 Å². The Kier molecular flexibility index (Phi) is 7.33. The standard InChI is InChI=1S/C21H26N4O2S2/c1-5-6-18-11-15(12-28-18)20-23-24-21(25(20)14(2)3)29-13-19(26)22-16-7-9-17(27-4)10-8-16/h7-12,14H,5-6,13H2,1-4H3,(H,22,26). The topological polar surface area (TPSA) is 69.0 Å². The molecule has 0 aliphatic rings. The number of methoxy groups -OCH3 is 1. The lowest BCUT2D eigenvalue weighted by Crippen LogP contribution is -2.15. The Hall–Kier alpha value is -2.32. The van der Waals surface area contributed by atoms with Crippen molar-refractivity contribution >= 4 is 34.7 Å². The molecule has 2 heterocycles. The zero-order valence-corrected chi connectivity index (χ0v) is 18.8. The summed E-state index contributed by atoms with van der Waals surface area (Å²) in [6.45, 7) is 6.39. The van der Waals surface area contributed by atoms with Gasteiger partial charge in [-0.25, -0.2) is 0 Å². The van der Waals surface area contributed by atoms with Crippen molar-refractivity contribution in [3.05, 3.63) is 40.6 Å². The first kappa shape index (κ1) is 21.4. The van der Waals surface area contributed by atoms with Crippen molar-refractivity contribution in [1.29, 1.82) is 0 Å². The fourth-order valence-electron chi connectivity index (χ4n) is 2.91. The molecule has 0 unspecified atom stereocenters. The molecule has 3 aromatic rings. The molecular weight excluding hydrogens is 404 g/mol. The molecule has 1 aromatic carbocycles. The number of benzene rings is 1. The minimum Gasteiger partial charge on any atom is -0.497 e. The Morgan fingerprint density at radius 2 is 2.03 bits per heavy atom. The van der Waals surface area contributed by atoms with Gasteiger partial charge in [0, 0.05) is 27.5 Å². The number of nitrogens with zero attached hydrogens (tertiary/aromatic N) is 3. The van der Waals surface area contributed by atoms with Crippen LogP contribution >= 0.6 is 23.1 Å². The lowest BCUT2D eigenvalue weighted by Gasteiger charge is -2.13. The molecule has 0 aliphatic heterocycles. The average Bonchev–Trinajstić information content (AvgIpc) is 3.34. The number of aromatic nitrogens is 3. The first-order valence-electron chi connectivity index (χ1n) is 9.61. The molecule has 0 saturated heterocycles. The maximum Gasteiger partial charge on any atom is 0.234 e. The van der Waals surface area contributed by atoms with Crippen molar-refractivity contribution in [2.24, 2.45) is 0 Å². The number of hydrogen-bond acceptors (Lipinski definition) is 6. The average molecular weight is 431 g/mol. The van der Waals surface area contributed by atoms with Gasteiger partial charge in [0.1, 0.15) is 5.75 Å². The summed E-state index contributed by atoms with van der Waals surface area (Å²) in [5.41, 5.74) is 1.83. The molecule has 0 spiro atoms. The molecule has 0 bridgehead atoms. The molecular formula is C21H26N4O2S2. The summed E-state index contributed by atoms with van der Waals surface area (Å²) in [5, 5.41) is 14.6. The van der Waals surface area contributed by atoms with E-state index in [1.165, 1.54) is 16.6 Å². The summed E-state index contributed by atoms with van der Waals surface area (Å²) in [6.07, 6.45) is 2.20. The SMILES string of the molecule is CCCc1cc(-c2nnc(SCC(=O)Nc3ccc(OC)cc3)n2C(C)C)cs1. The number of nitrogens with one attached hydrogen (secondary N) is 1. The van der Waals surface area contributed by atoms with Crippen molar-refractivity contribution < 1.29 is 9.53 Å². The highest BCUT2D eigenvalue weighted by molar-refractivity contribution is 7.99. The zero-order valence-electron chi connectivity index (χ0n) is 17.1. The molecule has 1 N–H and O–H groups in total. The predicted molar refractivity (Wildman–Crippen MR) is 120 cm³/mol. The van der Waals surface area contributed by atoms with Gasteiger partial charge in [-0.3, -0.25) is 9.36 Å². The van der Waals surface area contributed by atoms with Crippen LogP contribution in [0.5, 0.6) is 5.75 Å². The van der Waals surface area contributed by atoms with E-state index in [9.17, 15) is 4.79 Å². The highest BCUT2D eigenvalue weighted by Crippen LogP contribution is 2.31. The summed E-state index contributed by atoms with van der Waals surface area (Å²) in [5.74, 6) is 1.80. The molecule has 6 nitrogen and oxygen atoms in total. The van der Waals surface area contributed by atoms with Crippen LogP contribution in [0, 0.1) is 0 Å². The van der Waals surface area contributed by atoms with Crippen LogP contribution < -0.4 is 10.1 Å². The largest absolute Gasteiger partial charge is 0.497 e. The Balaban J connectivity index is 1.68. The van der Waals surface area contributed by atoms with E-state index in [0.717, 1.165) is 40.8 Å². The van der Waals surface area contributed by atoms with Crippen LogP contribution in [0.3, 0.4) is 0 Å². The Morgan fingerprint density at radius 3 is 2.69 bits per heavy atom. The van der Waals surface area contributed by atoms with Crippen molar-refractivity contribution in [3.63, 3.8) is 0 Å². The monoisotopic (exact) mass is 430 g/mol. The molecule has 3 rings (SSSR count). The lowest BCUT2D eigenvalue weighted by molar-refractivity contribution is -0.113. The number of ether oxygens (including phenoxy) is 1. The van der Waals surface area contributed by atoms with Gasteiger partial charge in [0.25, 0.3) is 0 Å². The van der Waals surface area contributed by atoms with Crippen LogP contribution in [0.2, 0.25) is 0 Å². The fraction of sp³-hybridized carbons (Fsp3) is 0.381. The van der Waals surface area contributed by atoms with Gasteiger partial charge in [0.05, 0.1) is 12.9 Å². The fourth-order valence-corrected chi connectivity index (χ4v) is 4.75. The number of aryl methyl sites for hydroxylation is 1.